The highest BCUT2D eigenvalue weighted by Crippen LogP contribution is 2.42. The number of amides is 1. The number of carbonyl (C=O) groups is 2. The van der Waals surface area contributed by atoms with Crippen molar-refractivity contribution < 1.29 is 28.5 Å². The maximum Gasteiger partial charge on any atom is 0.259 e. The molecule has 33 heavy (non-hydrogen) atoms. The molecule has 1 N–H and O–H groups in total. The number of carbonyl (C=O) groups excluding carboxylic acids is 2. The summed E-state index contributed by atoms with van der Waals surface area (Å²) >= 11 is 12.3. The molecule has 0 fully saturated rings. The van der Waals surface area contributed by atoms with Gasteiger partial charge in [0, 0.05) is 11.1 Å². The maximum absolute atomic E-state index is 13.0. The van der Waals surface area contributed by atoms with Gasteiger partial charge in [0.25, 0.3) is 5.91 Å². The topological polar surface area (TPSA) is 108 Å². The van der Waals surface area contributed by atoms with E-state index >= 15 is 0 Å². The van der Waals surface area contributed by atoms with Gasteiger partial charge >= 0.3 is 0 Å². The van der Waals surface area contributed by atoms with E-state index in [-0.39, 0.29) is 27.9 Å². The Labute approximate surface area is 202 Å². The predicted octanol–water partition coefficient (Wildman–Crippen LogP) is 5.49. The minimum absolute atomic E-state index is 0.189. The van der Waals surface area contributed by atoms with E-state index in [0.29, 0.717) is 29.7 Å². The van der Waals surface area contributed by atoms with Crippen molar-refractivity contribution in [3.05, 3.63) is 34.3 Å². The molecule has 0 saturated carbocycles. The molecule has 2 aromatic carbocycles. The summed E-state index contributed by atoms with van der Waals surface area (Å²) in [6.45, 7) is 5.42. The molecule has 0 heterocycles. The van der Waals surface area contributed by atoms with Gasteiger partial charge in [-0.3, -0.25) is 9.59 Å². The number of ether oxygens (including phenoxy) is 4. The fourth-order valence-electron chi connectivity index (χ4n) is 2.83. The van der Waals surface area contributed by atoms with Crippen LogP contribution in [0.2, 0.25) is 10.0 Å². The summed E-state index contributed by atoms with van der Waals surface area (Å²) in [6, 6.07) is 4.73. The van der Waals surface area contributed by atoms with E-state index in [1.54, 1.807) is 26.0 Å². The van der Waals surface area contributed by atoms with Gasteiger partial charge in [0.05, 0.1) is 32.5 Å². The van der Waals surface area contributed by atoms with Crippen molar-refractivity contribution in [1.29, 1.82) is 0 Å². The second-order valence-electron chi connectivity index (χ2n) is 6.49. The zero-order chi connectivity index (χ0) is 24.5. The SMILES string of the molecule is CCOc1ccc(Cl)c(OCC)c1NC(=O)C(N=Nc1cc(Cl)cc(OC)c1OC)C(C)=O. The molecule has 0 spiro atoms. The summed E-state index contributed by atoms with van der Waals surface area (Å²) in [7, 11) is 2.86. The highest BCUT2D eigenvalue weighted by molar-refractivity contribution is 6.33. The Morgan fingerprint density at radius 1 is 1.00 bits per heavy atom. The third kappa shape index (κ3) is 6.49. The van der Waals surface area contributed by atoms with Crippen LogP contribution in [0.4, 0.5) is 11.4 Å². The van der Waals surface area contributed by atoms with Crippen LogP contribution in [0.3, 0.4) is 0 Å². The van der Waals surface area contributed by atoms with Crippen LogP contribution in [-0.4, -0.2) is 45.2 Å². The summed E-state index contributed by atoms with van der Waals surface area (Å²) < 4.78 is 21.7. The molecule has 0 saturated heterocycles. The first kappa shape index (κ1) is 26.2. The normalized spacial score (nSPS) is 11.7. The molecule has 0 radical (unpaired) electrons. The molecule has 2 aromatic rings. The lowest BCUT2D eigenvalue weighted by Crippen LogP contribution is -2.32. The van der Waals surface area contributed by atoms with Crippen molar-refractivity contribution in [2.45, 2.75) is 26.8 Å². The first-order valence-corrected chi connectivity index (χ1v) is 10.7. The van der Waals surface area contributed by atoms with E-state index < -0.39 is 17.7 Å². The van der Waals surface area contributed by atoms with Crippen molar-refractivity contribution >= 4 is 46.3 Å². The van der Waals surface area contributed by atoms with Gasteiger partial charge < -0.3 is 24.3 Å². The minimum Gasteiger partial charge on any atom is -0.493 e. The Morgan fingerprint density at radius 3 is 2.27 bits per heavy atom. The van der Waals surface area contributed by atoms with Gasteiger partial charge in [-0.25, -0.2) is 0 Å². The Morgan fingerprint density at radius 2 is 1.70 bits per heavy atom. The van der Waals surface area contributed by atoms with Crippen LogP contribution in [0.5, 0.6) is 23.0 Å². The third-order valence-electron chi connectivity index (χ3n) is 4.25. The highest BCUT2D eigenvalue weighted by atomic mass is 35.5. The standard InChI is InChI=1S/C22H25Cl2N3O6/c1-6-32-16-9-8-14(24)20(33-7-2)19(16)25-22(29)18(12(3)28)27-26-15-10-13(23)11-17(30-4)21(15)31-5/h8-11,18H,6-7H2,1-5H3,(H,25,29). The predicted molar refractivity (Wildman–Crippen MR) is 126 cm³/mol. The van der Waals surface area contributed by atoms with Gasteiger partial charge in [0.2, 0.25) is 6.04 Å². The molecule has 0 aliphatic heterocycles. The van der Waals surface area contributed by atoms with Crippen molar-refractivity contribution in [2.24, 2.45) is 10.2 Å². The lowest BCUT2D eigenvalue weighted by molar-refractivity contribution is -0.126. The number of hydrogen-bond acceptors (Lipinski definition) is 8. The van der Waals surface area contributed by atoms with E-state index in [1.165, 1.54) is 33.3 Å². The number of ketones is 1. The molecule has 0 aliphatic carbocycles. The van der Waals surface area contributed by atoms with E-state index in [4.69, 9.17) is 42.1 Å². The van der Waals surface area contributed by atoms with Crippen molar-refractivity contribution in [1.82, 2.24) is 0 Å². The van der Waals surface area contributed by atoms with Gasteiger partial charge in [-0.2, -0.15) is 10.2 Å². The quantitative estimate of drug-likeness (QED) is 0.324. The number of rotatable bonds is 11. The number of benzene rings is 2. The first-order chi connectivity index (χ1) is 15.8. The van der Waals surface area contributed by atoms with Crippen LogP contribution in [0.15, 0.2) is 34.5 Å². The molecule has 1 unspecified atom stereocenters. The van der Waals surface area contributed by atoms with Crippen LogP contribution < -0.4 is 24.3 Å². The summed E-state index contributed by atoms with van der Waals surface area (Å²) in [5, 5.41) is 11.2. The number of nitrogens with zero attached hydrogens (tertiary/aromatic N) is 2. The monoisotopic (exact) mass is 497 g/mol. The summed E-state index contributed by atoms with van der Waals surface area (Å²) in [5.41, 5.74) is 0.383. The Bertz CT molecular complexity index is 1050. The molecule has 178 valence electrons. The van der Waals surface area contributed by atoms with Crippen LogP contribution in [0.25, 0.3) is 0 Å². The van der Waals surface area contributed by atoms with Crippen LogP contribution in [-0.2, 0) is 9.59 Å². The average molecular weight is 498 g/mol. The number of hydrogen-bond donors (Lipinski definition) is 1. The van der Waals surface area contributed by atoms with Crippen LogP contribution >= 0.6 is 23.2 Å². The third-order valence-corrected chi connectivity index (χ3v) is 4.76. The number of Topliss-reactive ketones (excluding diaryl/α,β-unsaturated/α-hetero) is 1. The average Bonchev–Trinajstić information content (AvgIpc) is 2.77. The number of nitrogens with one attached hydrogen (secondary N) is 1. The first-order valence-electron chi connectivity index (χ1n) is 9.99. The Hall–Kier alpha value is -3.04. The molecular weight excluding hydrogens is 473 g/mol. The zero-order valence-corrected chi connectivity index (χ0v) is 20.4. The number of anilines is 1. The van der Waals surface area contributed by atoms with Crippen molar-refractivity contribution in [3.8, 4) is 23.0 Å². The summed E-state index contributed by atoms with van der Waals surface area (Å²) in [6.07, 6.45) is 0. The molecular formula is C22H25Cl2N3O6. The molecule has 2 rings (SSSR count). The van der Waals surface area contributed by atoms with Gasteiger partial charge in [-0.1, -0.05) is 23.2 Å². The lowest BCUT2D eigenvalue weighted by atomic mass is 10.2. The second-order valence-corrected chi connectivity index (χ2v) is 7.34. The van der Waals surface area contributed by atoms with Gasteiger partial charge in [-0.15, -0.1) is 0 Å². The molecule has 0 aliphatic rings. The molecule has 11 heteroatoms. The van der Waals surface area contributed by atoms with Gasteiger partial charge in [0.15, 0.2) is 23.0 Å². The zero-order valence-electron chi connectivity index (χ0n) is 18.9. The van der Waals surface area contributed by atoms with E-state index in [1.807, 2.05) is 0 Å². The summed E-state index contributed by atoms with van der Waals surface area (Å²) in [4.78, 5) is 25.3. The van der Waals surface area contributed by atoms with E-state index in [9.17, 15) is 9.59 Å². The van der Waals surface area contributed by atoms with Gasteiger partial charge in [-0.05, 0) is 39.0 Å². The number of methoxy groups -OCH3 is 2. The molecule has 0 bridgehead atoms. The lowest BCUT2D eigenvalue weighted by Gasteiger charge is -2.18. The number of azo groups is 1. The number of halogens is 2. The second kappa shape index (κ2) is 12.3. The smallest absolute Gasteiger partial charge is 0.259 e. The molecule has 9 nitrogen and oxygen atoms in total. The van der Waals surface area contributed by atoms with Crippen LogP contribution in [0, 0.1) is 0 Å². The van der Waals surface area contributed by atoms with Crippen molar-refractivity contribution in [3.63, 3.8) is 0 Å². The highest BCUT2D eigenvalue weighted by Gasteiger charge is 2.27. The maximum atomic E-state index is 13.0. The summed E-state index contributed by atoms with van der Waals surface area (Å²) in [5.74, 6) is -0.159. The van der Waals surface area contributed by atoms with Crippen molar-refractivity contribution in [2.75, 3.05) is 32.8 Å². The fourth-order valence-corrected chi connectivity index (χ4v) is 3.25. The Kier molecular flexibility index (Phi) is 9.74. The molecule has 1 amide bonds. The minimum atomic E-state index is -1.47. The fraction of sp³-hybridized carbons (Fsp3) is 0.364. The molecule has 1 atom stereocenters. The Balaban J connectivity index is 2.43. The van der Waals surface area contributed by atoms with E-state index in [0.717, 1.165) is 0 Å². The van der Waals surface area contributed by atoms with Crippen LogP contribution in [0.1, 0.15) is 20.8 Å². The largest absolute Gasteiger partial charge is 0.493 e. The van der Waals surface area contributed by atoms with Gasteiger partial charge in [0.1, 0.15) is 17.1 Å². The molecule has 0 aromatic heterocycles. The van der Waals surface area contributed by atoms with E-state index in [2.05, 4.69) is 15.5 Å².